The van der Waals surface area contributed by atoms with Gasteiger partial charge >= 0.3 is 12.1 Å². The number of fused-ring (bicyclic) bond motifs is 3. The first-order valence-corrected chi connectivity index (χ1v) is 8.41. The molecular formula is C19H18N4O4. The van der Waals surface area contributed by atoms with Crippen LogP contribution in [-0.2, 0) is 9.53 Å². The van der Waals surface area contributed by atoms with E-state index in [0.717, 1.165) is 22.3 Å². The number of hydrogen-bond acceptors (Lipinski definition) is 4. The summed E-state index contributed by atoms with van der Waals surface area (Å²) in [5, 5.41) is 14.8. The van der Waals surface area contributed by atoms with Crippen LogP contribution in [0.2, 0.25) is 0 Å². The number of carboxylic acids is 1. The third-order valence-corrected chi connectivity index (χ3v) is 4.60. The van der Waals surface area contributed by atoms with Crippen LogP contribution >= 0.6 is 0 Å². The van der Waals surface area contributed by atoms with Crippen molar-refractivity contribution in [2.75, 3.05) is 6.61 Å². The quantitative estimate of drug-likeness (QED) is 0.459. The highest BCUT2D eigenvalue weighted by atomic mass is 16.5. The van der Waals surface area contributed by atoms with Gasteiger partial charge in [-0.2, -0.15) is 0 Å². The van der Waals surface area contributed by atoms with Gasteiger partial charge in [0.25, 0.3) is 0 Å². The van der Waals surface area contributed by atoms with Crippen molar-refractivity contribution < 1.29 is 19.4 Å². The molecule has 1 unspecified atom stereocenters. The summed E-state index contributed by atoms with van der Waals surface area (Å²) in [5.41, 5.74) is 12.8. The number of hydrogen-bond donors (Lipinski definition) is 2. The second-order valence-electron chi connectivity index (χ2n) is 6.23. The van der Waals surface area contributed by atoms with Gasteiger partial charge < -0.3 is 15.2 Å². The van der Waals surface area contributed by atoms with Crippen LogP contribution in [0.5, 0.6) is 0 Å². The first-order chi connectivity index (χ1) is 13.0. The lowest BCUT2D eigenvalue weighted by atomic mass is 9.98. The predicted octanol–water partition coefficient (Wildman–Crippen LogP) is 3.68. The van der Waals surface area contributed by atoms with Crippen LogP contribution in [0, 0.1) is 0 Å². The zero-order valence-electron chi connectivity index (χ0n) is 14.6. The number of carboxylic acid groups (broad SMARTS) is 1. The largest absolute Gasteiger partial charge is 0.480 e. The molecule has 2 aromatic carbocycles. The number of carbonyl (C=O) groups excluding carboxylic acids is 1. The Morgan fingerprint density at radius 3 is 2.26 bits per heavy atom. The number of benzene rings is 2. The number of azide groups is 1. The number of carbonyl (C=O) groups is 2. The van der Waals surface area contributed by atoms with Crippen LogP contribution in [0.25, 0.3) is 21.6 Å². The standard InChI is InChI=1S/C19H18N4O4/c1-11(22-23-20)17(18(24)25)21-19(26)27-10-16-14-8-4-2-6-12(14)13-7-3-5-9-15(13)16/h2-9,11,16-17H,10H2,1H3,(H,21,26)(H,24,25)/t11?,17-/m0/s1. The zero-order chi connectivity index (χ0) is 19.4. The van der Waals surface area contributed by atoms with E-state index >= 15 is 0 Å². The summed E-state index contributed by atoms with van der Waals surface area (Å²) in [6.45, 7) is 1.48. The van der Waals surface area contributed by atoms with Gasteiger partial charge in [0, 0.05) is 10.8 Å². The second kappa shape index (κ2) is 7.80. The van der Waals surface area contributed by atoms with E-state index in [0.29, 0.717) is 0 Å². The number of rotatable bonds is 6. The number of nitrogens with zero attached hydrogens (tertiary/aromatic N) is 3. The van der Waals surface area contributed by atoms with E-state index in [1.807, 2.05) is 48.5 Å². The Bertz CT molecular complexity index is 878. The SMILES string of the molecule is CC(N=[N+]=[N-])[C@H](NC(=O)OCC1c2ccccc2-c2ccccc21)C(=O)O. The Labute approximate surface area is 155 Å². The summed E-state index contributed by atoms with van der Waals surface area (Å²) in [5.74, 6) is -1.43. The van der Waals surface area contributed by atoms with E-state index < -0.39 is 24.1 Å². The first kappa shape index (κ1) is 18.3. The monoisotopic (exact) mass is 366 g/mol. The minimum atomic E-state index is -1.36. The number of amides is 1. The van der Waals surface area contributed by atoms with E-state index in [4.69, 9.17) is 10.3 Å². The topological polar surface area (TPSA) is 124 Å². The molecule has 2 N–H and O–H groups in total. The average molecular weight is 366 g/mol. The van der Waals surface area contributed by atoms with E-state index in [1.165, 1.54) is 6.92 Å². The lowest BCUT2D eigenvalue weighted by Crippen LogP contribution is -2.47. The maximum Gasteiger partial charge on any atom is 0.407 e. The van der Waals surface area contributed by atoms with Gasteiger partial charge in [-0.1, -0.05) is 60.6 Å². The third-order valence-electron chi connectivity index (χ3n) is 4.60. The predicted molar refractivity (Wildman–Crippen MR) is 98.2 cm³/mol. The fourth-order valence-corrected chi connectivity index (χ4v) is 3.30. The molecule has 8 nitrogen and oxygen atoms in total. The molecule has 1 aliphatic rings. The summed E-state index contributed by atoms with van der Waals surface area (Å²) >= 11 is 0. The van der Waals surface area contributed by atoms with Gasteiger partial charge in [-0.05, 0) is 27.8 Å². The van der Waals surface area contributed by atoms with Crippen LogP contribution in [0.1, 0.15) is 24.0 Å². The summed E-state index contributed by atoms with van der Waals surface area (Å²) in [4.78, 5) is 26.0. The molecule has 3 rings (SSSR count). The maximum absolute atomic E-state index is 12.1. The van der Waals surface area contributed by atoms with E-state index in [2.05, 4.69) is 15.3 Å². The third kappa shape index (κ3) is 3.70. The molecule has 27 heavy (non-hydrogen) atoms. The molecule has 138 valence electrons. The summed E-state index contributed by atoms with van der Waals surface area (Å²) in [6, 6.07) is 13.5. The van der Waals surface area contributed by atoms with Crippen LogP contribution in [0.15, 0.2) is 53.6 Å². The Hall–Kier alpha value is -3.51. The van der Waals surface area contributed by atoms with Crippen molar-refractivity contribution in [3.8, 4) is 11.1 Å². The van der Waals surface area contributed by atoms with Gasteiger partial charge in [-0.3, -0.25) is 0 Å². The zero-order valence-corrected chi connectivity index (χ0v) is 14.6. The van der Waals surface area contributed by atoms with Crippen molar-refractivity contribution in [3.63, 3.8) is 0 Å². The highest BCUT2D eigenvalue weighted by molar-refractivity contribution is 5.81. The number of nitrogens with one attached hydrogen (secondary N) is 1. The molecule has 2 aromatic rings. The molecule has 0 spiro atoms. The number of ether oxygens (including phenoxy) is 1. The molecule has 0 saturated carbocycles. The van der Waals surface area contributed by atoms with Crippen molar-refractivity contribution in [2.24, 2.45) is 5.11 Å². The molecular weight excluding hydrogens is 348 g/mol. The van der Waals surface area contributed by atoms with E-state index in [1.54, 1.807) is 0 Å². The van der Waals surface area contributed by atoms with Crippen LogP contribution < -0.4 is 5.32 Å². The lowest BCUT2D eigenvalue weighted by molar-refractivity contribution is -0.139. The molecule has 1 aliphatic carbocycles. The normalized spacial score (nSPS) is 14.3. The molecule has 2 atom stereocenters. The van der Waals surface area contributed by atoms with Crippen LogP contribution in [-0.4, -0.2) is 35.9 Å². The first-order valence-electron chi connectivity index (χ1n) is 8.41. The molecule has 0 radical (unpaired) electrons. The molecule has 0 saturated heterocycles. The van der Waals surface area contributed by atoms with Crippen molar-refractivity contribution >= 4 is 12.1 Å². The smallest absolute Gasteiger partial charge is 0.407 e. The van der Waals surface area contributed by atoms with Crippen molar-refractivity contribution in [1.82, 2.24) is 5.32 Å². The van der Waals surface area contributed by atoms with Crippen molar-refractivity contribution in [1.29, 1.82) is 0 Å². The minimum Gasteiger partial charge on any atom is -0.480 e. The minimum absolute atomic E-state index is 0.0715. The molecule has 0 aliphatic heterocycles. The highest BCUT2D eigenvalue weighted by Gasteiger charge is 2.30. The van der Waals surface area contributed by atoms with Gasteiger partial charge in [0.2, 0.25) is 0 Å². The van der Waals surface area contributed by atoms with Gasteiger partial charge in [0.15, 0.2) is 0 Å². The van der Waals surface area contributed by atoms with Gasteiger partial charge in [0.1, 0.15) is 12.6 Å². The van der Waals surface area contributed by atoms with Crippen LogP contribution in [0.3, 0.4) is 0 Å². The Balaban J connectivity index is 1.72. The van der Waals surface area contributed by atoms with Crippen molar-refractivity contribution in [3.05, 3.63) is 70.1 Å². The molecule has 0 heterocycles. The summed E-state index contributed by atoms with van der Waals surface area (Å²) in [6.07, 6.45) is -0.871. The summed E-state index contributed by atoms with van der Waals surface area (Å²) < 4.78 is 5.30. The Morgan fingerprint density at radius 2 is 1.74 bits per heavy atom. The Morgan fingerprint density at radius 1 is 1.19 bits per heavy atom. The van der Waals surface area contributed by atoms with E-state index in [-0.39, 0.29) is 12.5 Å². The second-order valence-corrected chi connectivity index (χ2v) is 6.23. The van der Waals surface area contributed by atoms with Gasteiger partial charge in [-0.15, -0.1) is 0 Å². The highest BCUT2D eigenvalue weighted by Crippen LogP contribution is 2.44. The Kier molecular flexibility index (Phi) is 5.28. The fraction of sp³-hybridized carbons (Fsp3) is 0.263. The van der Waals surface area contributed by atoms with Crippen LogP contribution in [0.4, 0.5) is 4.79 Å². The van der Waals surface area contributed by atoms with Gasteiger partial charge in [-0.25, -0.2) is 9.59 Å². The molecule has 0 fully saturated rings. The molecule has 8 heteroatoms. The summed E-state index contributed by atoms with van der Waals surface area (Å²) in [7, 11) is 0. The molecule has 1 amide bonds. The molecule has 0 aromatic heterocycles. The maximum atomic E-state index is 12.1. The van der Waals surface area contributed by atoms with E-state index in [9.17, 15) is 14.7 Å². The molecule has 0 bridgehead atoms. The van der Waals surface area contributed by atoms with Crippen molar-refractivity contribution in [2.45, 2.75) is 24.9 Å². The van der Waals surface area contributed by atoms with Gasteiger partial charge in [0.05, 0.1) is 6.04 Å². The fourth-order valence-electron chi connectivity index (χ4n) is 3.30. The lowest BCUT2D eigenvalue weighted by Gasteiger charge is -2.19. The average Bonchev–Trinajstić information content (AvgIpc) is 2.98. The number of aliphatic carboxylic acids is 1. The number of alkyl carbamates (subject to hydrolysis) is 1.